The molecule has 0 fully saturated rings. The van der Waals surface area contributed by atoms with E-state index in [-0.39, 0.29) is 12.1 Å². The van der Waals surface area contributed by atoms with Crippen LogP contribution in [0.15, 0.2) is 71.7 Å². The number of benzene rings is 3. The molecular formula is C26H20N6O. The van der Waals surface area contributed by atoms with E-state index in [2.05, 4.69) is 21.4 Å². The summed E-state index contributed by atoms with van der Waals surface area (Å²) < 4.78 is 1.73. The van der Waals surface area contributed by atoms with Crippen molar-refractivity contribution < 1.29 is 0 Å². The summed E-state index contributed by atoms with van der Waals surface area (Å²) in [5.41, 5.74) is 10.0. The Labute approximate surface area is 189 Å². The average Bonchev–Trinajstić information content (AvgIpc) is 3.22. The fourth-order valence-electron chi connectivity index (χ4n) is 4.06. The van der Waals surface area contributed by atoms with Crippen molar-refractivity contribution in [3.05, 3.63) is 94.2 Å². The zero-order valence-electron chi connectivity index (χ0n) is 17.9. The number of nitriles is 1. The topological polar surface area (TPSA) is 113 Å². The SMILES string of the molecule is Cn1ncc(-c2ccc3c(=O)[nH]nc(CN)c3c2)c1/C=C(\C#N)c1ccc2ccccc2c1. The van der Waals surface area contributed by atoms with Gasteiger partial charge in [0.05, 0.1) is 34.6 Å². The van der Waals surface area contributed by atoms with Gasteiger partial charge in [0, 0.05) is 24.5 Å². The lowest BCUT2D eigenvalue weighted by Crippen LogP contribution is -2.13. The molecule has 7 heteroatoms. The van der Waals surface area contributed by atoms with Gasteiger partial charge < -0.3 is 5.73 Å². The van der Waals surface area contributed by atoms with Crippen LogP contribution in [-0.4, -0.2) is 20.0 Å². The molecule has 0 aliphatic heterocycles. The van der Waals surface area contributed by atoms with Crippen LogP contribution < -0.4 is 11.3 Å². The number of allylic oxidation sites excluding steroid dienone is 1. The molecule has 0 unspecified atom stereocenters. The Balaban J connectivity index is 1.65. The van der Waals surface area contributed by atoms with Gasteiger partial charge in [-0.3, -0.25) is 9.48 Å². The molecule has 2 aromatic heterocycles. The molecular weight excluding hydrogens is 412 g/mol. The summed E-state index contributed by atoms with van der Waals surface area (Å²) in [5.74, 6) is 0. The van der Waals surface area contributed by atoms with Crippen molar-refractivity contribution in [1.29, 1.82) is 5.26 Å². The van der Waals surface area contributed by atoms with Crippen molar-refractivity contribution in [2.75, 3.05) is 0 Å². The average molecular weight is 432 g/mol. The minimum absolute atomic E-state index is 0.205. The van der Waals surface area contributed by atoms with Gasteiger partial charge in [-0.25, -0.2) is 5.10 Å². The van der Waals surface area contributed by atoms with E-state index < -0.39 is 0 Å². The summed E-state index contributed by atoms with van der Waals surface area (Å²) in [6.07, 6.45) is 3.60. The predicted molar refractivity (Wildman–Crippen MR) is 130 cm³/mol. The third-order valence-electron chi connectivity index (χ3n) is 5.82. The number of rotatable bonds is 4. The number of hydrogen-bond acceptors (Lipinski definition) is 5. The van der Waals surface area contributed by atoms with Gasteiger partial charge in [-0.15, -0.1) is 0 Å². The standard InChI is InChI=1S/C26H20N6O/c1-32-25(12-20(13-27)18-7-6-16-4-2-3-5-17(16)10-18)23(15-29-32)19-8-9-21-22(11-19)24(14-28)30-31-26(21)33/h2-12,15H,14,28H2,1H3,(H,31,33)/b20-12+. The molecule has 0 saturated carbocycles. The highest BCUT2D eigenvalue weighted by Gasteiger charge is 2.14. The molecule has 0 bridgehead atoms. The number of aromatic amines is 1. The van der Waals surface area contributed by atoms with Crippen molar-refractivity contribution in [2.45, 2.75) is 6.54 Å². The van der Waals surface area contributed by atoms with Gasteiger partial charge in [0.15, 0.2) is 0 Å². The van der Waals surface area contributed by atoms with Crippen LogP contribution in [0.25, 0.3) is 44.3 Å². The highest BCUT2D eigenvalue weighted by atomic mass is 16.1. The van der Waals surface area contributed by atoms with Crippen LogP contribution in [0.4, 0.5) is 0 Å². The first-order valence-electron chi connectivity index (χ1n) is 10.4. The van der Waals surface area contributed by atoms with E-state index in [1.807, 2.05) is 67.7 Å². The van der Waals surface area contributed by atoms with Gasteiger partial charge >= 0.3 is 0 Å². The monoisotopic (exact) mass is 432 g/mol. The van der Waals surface area contributed by atoms with Gasteiger partial charge in [-0.1, -0.05) is 42.5 Å². The third-order valence-corrected chi connectivity index (χ3v) is 5.82. The molecule has 0 amide bonds. The van der Waals surface area contributed by atoms with E-state index >= 15 is 0 Å². The number of H-pyrrole nitrogens is 1. The number of nitrogens with zero attached hydrogens (tertiary/aromatic N) is 4. The molecule has 3 N–H and O–H groups in total. The van der Waals surface area contributed by atoms with Crippen LogP contribution in [0.3, 0.4) is 0 Å². The fourth-order valence-corrected chi connectivity index (χ4v) is 4.06. The van der Waals surface area contributed by atoms with Crippen LogP contribution in [0.5, 0.6) is 0 Å². The van der Waals surface area contributed by atoms with Crippen molar-refractivity contribution >= 4 is 33.2 Å². The fraction of sp³-hybridized carbons (Fsp3) is 0.0769. The van der Waals surface area contributed by atoms with Crippen molar-refractivity contribution in [2.24, 2.45) is 12.8 Å². The van der Waals surface area contributed by atoms with Crippen LogP contribution >= 0.6 is 0 Å². The zero-order valence-corrected chi connectivity index (χ0v) is 17.9. The van der Waals surface area contributed by atoms with Crippen LogP contribution in [0.2, 0.25) is 0 Å². The van der Waals surface area contributed by atoms with Gasteiger partial charge in [0.1, 0.15) is 0 Å². The molecule has 0 saturated heterocycles. The van der Waals surface area contributed by atoms with Crippen molar-refractivity contribution in [3.8, 4) is 17.2 Å². The summed E-state index contributed by atoms with van der Waals surface area (Å²) in [5, 5.41) is 24.3. The van der Waals surface area contributed by atoms with E-state index in [0.717, 1.165) is 33.2 Å². The Morgan fingerprint density at radius 3 is 2.73 bits per heavy atom. The molecule has 160 valence electrons. The lowest BCUT2D eigenvalue weighted by atomic mass is 9.98. The Kier molecular flexibility index (Phi) is 5.05. The number of fused-ring (bicyclic) bond motifs is 2. The summed E-state index contributed by atoms with van der Waals surface area (Å²) in [7, 11) is 1.84. The molecule has 0 spiro atoms. The van der Waals surface area contributed by atoms with Crippen molar-refractivity contribution in [1.82, 2.24) is 20.0 Å². The Hall–Kier alpha value is -4.54. The van der Waals surface area contributed by atoms with E-state index in [9.17, 15) is 10.1 Å². The molecule has 0 aliphatic rings. The van der Waals surface area contributed by atoms with E-state index in [1.165, 1.54) is 0 Å². The lowest BCUT2D eigenvalue weighted by molar-refractivity contribution is 0.760. The minimum atomic E-state index is -0.261. The number of aryl methyl sites for hydroxylation is 1. The number of aromatic nitrogens is 4. The summed E-state index contributed by atoms with van der Waals surface area (Å²) in [6, 6.07) is 21.9. The third kappa shape index (κ3) is 3.59. The molecule has 0 atom stereocenters. The second-order valence-corrected chi connectivity index (χ2v) is 7.76. The molecule has 7 nitrogen and oxygen atoms in total. The minimum Gasteiger partial charge on any atom is -0.325 e. The molecule has 33 heavy (non-hydrogen) atoms. The zero-order chi connectivity index (χ0) is 22.9. The van der Waals surface area contributed by atoms with Gasteiger partial charge in [0.25, 0.3) is 5.56 Å². The maximum atomic E-state index is 12.2. The quantitative estimate of drug-likeness (QED) is 0.417. The van der Waals surface area contributed by atoms with E-state index in [4.69, 9.17) is 5.73 Å². The first kappa shape index (κ1) is 20.4. The number of hydrogen-bond donors (Lipinski definition) is 2. The van der Waals surface area contributed by atoms with Gasteiger partial charge in [0.2, 0.25) is 0 Å². The second kappa shape index (κ2) is 8.19. The Morgan fingerprint density at radius 2 is 1.94 bits per heavy atom. The second-order valence-electron chi connectivity index (χ2n) is 7.76. The molecule has 2 heterocycles. The first-order valence-corrected chi connectivity index (χ1v) is 10.4. The van der Waals surface area contributed by atoms with Crippen LogP contribution in [-0.2, 0) is 13.6 Å². The molecule has 0 radical (unpaired) electrons. The predicted octanol–water partition coefficient (Wildman–Crippen LogP) is 4.00. The Bertz CT molecular complexity index is 1650. The van der Waals surface area contributed by atoms with Crippen molar-refractivity contribution in [3.63, 3.8) is 0 Å². The largest absolute Gasteiger partial charge is 0.325 e. The van der Waals surface area contributed by atoms with E-state index in [1.54, 1.807) is 16.9 Å². The smallest absolute Gasteiger partial charge is 0.272 e. The first-order chi connectivity index (χ1) is 16.1. The molecule has 5 aromatic rings. The van der Waals surface area contributed by atoms with Crippen LogP contribution in [0.1, 0.15) is 17.0 Å². The summed E-state index contributed by atoms with van der Waals surface area (Å²) in [4.78, 5) is 12.2. The highest BCUT2D eigenvalue weighted by Crippen LogP contribution is 2.30. The molecule has 5 rings (SSSR count). The number of nitrogens with two attached hydrogens (primary N) is 1. The van der Waals surface area contributed by atoms with E-state index in [0.29, 0.717) is 22.0 Å². The number of nitrogens with one attached hydrogen (secondary N) is 1. The van der Waals surface area contributed by atoms with Crippen LogP contribution in [0, 0.1) is 11.3 Å². The highest BCUT2D eigenvalue weighted by molar-refractivity contribution is 5.96. The normalized spacial score (nSPS) is 11.7. The van der Waals surface area contributed by atoms with Gasteiger partial charge in [-0.05, 0) is 46.2 Å². The molecule has 3 aromatic carbocycles. The maximum Gasteiger partial charge on any atom is 0.272 e. The Morgan fingerprint density at radius 1 is 1.12 bits per heavy atom. The summed E-state index contributed by atoms with van der Waals surface area (Å²) >= 11 is 0. The lowest BCUT2D eigenvalue weighted by Gasteiger charge is -2.08. The maximum absolute atomic E-state index is 12.2. The summed E-state index contributed by atoms with van der Waals surface area (Å²) in [6.45, 7) is 0.205. The van der Waals surface area contributed by atoms with Gasteiger partial charge in [-0.2, -0.15) is 15.5 Å². The molecule has 0 aliphatic carbocycles.